The SMILES string of the molecule is COC(=O)[C@H](Cc1ccc(-c2c(OC)cccc2OC)cc1)NC(=O)c1c(Cl)cc(-c2ccn[nH]2)cc1Cl. The van der Waals surface area contributed by atoms with Gasteiger partial charge in [0, 0.05) is 18.2 Å². The van der Waals surface area contributed by atoms with Crippen LogP contribution in [0.4, 0.5) is 0 Å². The Balaban J connectivity index is 1.56. The number of methoxy groups -OCH3 is 3. The Morgan fingerprint density at radius 2 is 1.55 bits per heavy atom. The zero-order chi connectivity index (χ0) is 27.2. The van der Waals surface area contributed by atoms with Gasteiger partial charge in [-0.15, -0.1) is 0 Å². The topological polar surface area (TPSA) is 103 Å². The maximum atomic E-state index is 13.1. The molecule has 1 amide bonds. The number of hydrogen-bond donors (Lipinski definition) is 2. The number of rotatable bonds is 9. The van der Waals surface area contributed by atoms with Crippen LogP contribution in [0.25, 0.3) is 22.4 Å². The second kappa shape index (κ2) is 12.0. The quantitative estimate of drug-likeness (QED) is 0.262. The lowest BCUT2D eigenvalue weighted by Crippen LogP contribution is -2.43. The van der Waals surface area contributed by atoms with Crippen LogP contribution in [0.2, 0.25) is 10.0 Å². The summed E-state index contributed by atoms with van der Waals surface area (Å²) in [5, 5.41) is 9.71. The summed E-state index contributed by atoms with van der Waals surface area (Å²) >= 11 is 12.8. The summed E-state index contributed by atoms with van der Waals surface area (Å²) in [5.41, 5.74) is 3.91. The Hall–Kier alpha value is -4.01. The number of benzene rings is 3. The summed E-state index contributed by atoms with van der Waals surface area (Å²) < 4.78 is 15.9. The number of halogens is 2. The van der Waals surface area contributed by atoms with Crippen molar-refractivity contribution in [2.75, 3.05) is 21.3 Å². The third-order valence-electron chi connectivity index (χ3n) is 5.98. The van der Waals surface area contributed by atoms with E-state index in [-0.39, 0.29) is 22.0 Å². The van der Waals surface area contributed by atoms with E-state index < -0.39 is 17.9 Å². The van der Waals surface area contributed by atoms with Crippen LogP contribution in [0, 0.1) is 0 Å². The monoisotopic (exact) mass is 553 g/mol. The largest absolute Gasteiger partial charge is 0.496 e. The molecule has 0 bridgehead atoms. The second-order valence-corrected chi connectivity index (χ2v) is 9.09. The number of aromatic amines is 1. The van der Waals surface area contributed by atoms with Gasteiger partial charge in [0.2, 0.25) is 0 Å². The first-order chi connectivity index (χ1) is 18.4. The molecule has 0 saturated heterocycles. The molecule has 4 aromatic rings. The van der Waals surface area contributed by atoms with E-state index in [1.165, 1.54) is 7.11 Å². The molecule has 196 valence electrons. The van der Waals surface area contributed by atoms with Gasteiger partial charge in [-0.25, -0.2) is 4.79 Å². The number of carbonyl (C=O) groups excluding carboxylic acids is 2. The lowest BCUT2D eigenvalue weighted by atomic mass is 9.99. The van der Waals surface area contributed by atoms with Crippen molar-refractivity contribution in [3.05, 3.63) is 88.0 Å². The highest BCUT2D eigenvalue weighted by Gasteiger charge is 2.26. The van der Waals surface area contributed by atoms with Gasteiger partial charge in [-0.05, 0) is 41.5 Å². The summed E-state index contributed by atoms with van der Waals surface area (Å²) in [6, 6.07) is 17.1. The van der Waals surface area contributed by atoms with Gasteiger partial charge in [-0.3, -0.25) is 9.89 Å². The number of nitrogens with zero attached hydrogens (tertiary/aromatic N) is 1. The van der Waals surface area contributed by atoms with Crippen molar-refractivity contribution >= 4 is 35.1 Å². The molecule has 0 aliphatic heterocycles. The highest BCUT2D eigenvalue weighted by Crippen LogP contribution is 2.38. The zero-order valence-electron chi connectivity index (χ0n) is 20.9. The van der Waals surface area contributed by atoms with Crippen LogP contribution in [0.1, 0.15) is 15.9 Å². The Labute approximate surface area is 229 Å². The average Bonchev–Trinajstić information content (AvgIpc) is 3.47. The van der Waals surface area contributed by atoms with Crippen LogP contribution in [0.3, 0.4) is 0 Å². The minimum atomic E-state index is -0.974. The van der Waals surface area contributed by atoms with E-state index in [1.807, 2.05) is 42.5 Å². The van der Waals surface area contributed by atoms with Crippen molar-refractivity contribution < 1.29 is 23.8 Å². The van der Waals surface area contributed by atoms with E-state index in [1.54, 1.807) is 38.6 Å². The first kappa shape index (κ1) is 27.0. The molecule has 1 atom stereocenters. The Kier molecular flexibility index (Phi) is 8.55. The molecule has 1 aromatic heterocycles. The van der Waals surface area contributed by atoms with E-state index >= 15 is 0 Å². The van der Waals surface area contributed by atoms with E-state index in [4.69, 9.17) is 37.4 Å². The maximum absolute atomic E-state index is 13.1. The molecule has 0 spiro atoms. The van der Waals surface area contributed by atoms with Gasteiger partial charge >= 0.3 is 5.97 Å². The van der Waals surface area contributed by atoms with Gasteiger partial charge in [0.15, 0.2) is 0 Å². The lowest BCUT2D eigenvalue weighted by molar-refractivity contribution is -0.142. The first-order valence-electron chi connectivity index (χ1n) is 11.5. The van der Waals surface area contributed by atoms with Crippen LogP contribution < -0.4 is 14.8 Å². The third kappa shape index (κ3) is 5.77. The fourth-order valence-corrected chi connectivity index (χ4v) is 4.77. The molecule has 0 fully saturated rings. The summed E-state index contributed by atoms with van der Waals surface area (Å²) in [5.74, 6) is 0.144. The zero-order valence-corrected chi connectivity index (χ0v) is 22.4. The average molecular weight is 554 g/mol. The maximum Gasteiger partial charge on any atom is 0.328 e. The molecule has 2 N–H and O–H groups in total. The van der Waals surface area contributed by atoms with Crippen molar-refractivity contribution in [1.82, 2.24) is 15.5 Å². The fraction of sp³-hybridized carbons (Fsp3) is 0.179. The number of aromatic nitrogens is 2. The van der Waals surface area contributed by atoms with Crippen LogP contribution in [0.15, 0.2) is 66.9 Å². The van der Waals surface area contributed by atoms with Gasteiger partial charge in [-0.1, -0.05) is 53.5 Å². The van der Waals surface area contributed by atoms with E-state index in [9.17, 15) is 9.59 Å². The normalized spacial score (nSPS) is 11.5. The van der Waals surface area contributed by atoms with Crippen LogP contribution >= 0.6 is 23.2 Å². The van der Waals surface area contributed by atoms with Crippen molar-refractivity contribution in [3.63, 3.8) is 0 Å². The molecule has 4 rings (SSSR count). The number of carbonyl (C=O) groups is 2. The smallest absolute Gasteiger partial charge is 0.328 e. The van der Waals surface area contributed by atoms with Crippen molar-refractivity contribution in [3.8, 4) is 33.9 Å². The molecule has 8 nitrogen and oxygen atoms in total. The molecule has 0 aliphatic rings. The first-order valence-corrected chi connectivity index (χ1v) is 12.3. The molecule has 0 aliphatic carbocycles. The molecule has 1 heterocycles. The molecular formula is C28H25Cl2N3O5. The predicted octanol–water partition coefficient (Wildman–Crippen LogP) is 5.58. The molecule has 10 heteroatoms. The van der Waals surface area contributed by atoms with Crippen molar-refractivity contribution in [2.24, 2.45) is 0 Å². The lowest BCUT2D eigenvalue weighted by Gasteiger charge is -2.18. The second-order valence-electron chi connectivity index (χ2n) is 8.27. The fourth-order valence-electron chi connectivity index (χ4n) is 4.11. The highest BCUT2D eigenvalue weighted by atomic mass is 35.5. The molecule has 0 radical (unpaired) electrons. The summed E-state index contributed by atoms with van der Waals surface area (Å²) in [4.78, 5) is 25.7. The van der Waals surface area contributed by atoms with Crippen LogP contribution in [-0.2, 0) is 16.0 Å². The van der Waals surface area contributed by atoms with Crippen LogP contribution in [-0.4, -0.2) is 49.4 Å². The van der Waals surface area contributed by atoms with Gasteiger partial charge < -0.3 is 19.5 Å². The Morgan fingerprint density at radius 3 is 2.08 bits per heavy atom. The van der Waals surface area contributed by atoms with Gasteiger partial charge in [0.25, 0.3) is 5.91 Å². The summed E-state index contributed by atoms with van der Waals surface area (Å²) in [6.45, 7) is 0. The van der Waals surface area contributed by atoms with Crippen molar-refractivity contribution in [2.45, 2.75) is 12.5 Å². The Bertz CT molecular complexity index is 1390. The highest BCUT2D eigenvalue weighted by molar-refractivity contribution is 6.40. The predicted molar refractivity (Wildman–Crippen MR) is 146 cm³/mol. The number of amides is 1. The number of esters is 1. The van der Waals surface area contributed by atoms with E-state index in [2.05, 4.69) is 15.5 Å². The summed E-state index contributed by atoms with van der Waals surface area (Å²) in [6.07, 6.45) is 1.78. The van der Waals surface area contributed by atoms with Gasteiger partial charge in [0.05, 0.1) is 48.2 Å². The number of hydrogen-bond acceptors (Lipinski definition) is 6. The third-order valence-corrected chi connectivity index (χ3v) is 6.58. The molecule has 3 aromatic carbocycles. The summed E-state index contributed by atoms with van der Waals surface area (Å²) in [7, 11) is 4.46. The van der Waals surface area contributed by atoms with Crippen molar-refractivity contribution in [1.29, 1.82) is 0 Å². The van der Waals surface area contributed by atoms with Gasteiger partial charge in [0.1, 0.15) is 17.5 Å². The molecular weight excluding hydrogens is 529 g/mol. The minimum Gasteiger partial charge on any atom is -0.496 e. The number of ether oxygens (including phenoxy) is 3. The van der Waals surface area contributed by atoms with Gasteiger partial charge in [-0.2, -0.15) is 5.10 Å². The van der Waals surface area contributed by atoms with E-state index in [0.717, 1.165) is 16.7 Å². The van der Waals surface area contributed by atoms with Crippen LogP contribution in [0.5, 0.6) is 11.5 Å². The minimum absolute atomic E-state index is 0.0594. The molecule has 0 saturated carbocycles. The molecule has 38 heavy (non-hydrogen) atoms. The molecule has 0 unspecified atom stereocenters. The standard InChI is InChI=1S/C28H25Cl2N3O5/c1-36-23-5-4-6-24(37-2)25(23)17-9-7-16(8-10-17)13-22(28(35)38-3)32-27(34)26-19(29)14-18(15-20(26)30)21-11-12-31-33-21/h4-12,14-15,22H,13H2,1-3H3,(H,31,33)(H,32,34)/t22-/m0/s1. The number of nitrogens with one attached hydrogen (secondary N) is 2. The Morgan fingerprint density at radius 1 is 0.921 bits per heavy atom. The van der Waals surface area contributed by atoms with E-state index in [0.29, 0.717) is 22.8 Å². The number of H-pyrrole nitrogens is 1.